The van der Waals surface area contributed by atoms with Gasteiger partial charge in [0.25, 0.3) is 5.91 Å². The number of nitrogens with one attached hydrogen (secondary N) is 1. The van der Waals surface area contributed by atoms with Gasteiger partial charge in [-0.15, -0.1) is 0 Å². The summed E-state index contributed by atoms with van der Waals surface area (Å²) in [6.07, 6.45) is 0. The third-order valence-electron chi connectivity index (χ3n) is 4.20. The van der Waals surface area contributed by atoms with Gasteiger partial charge in [-0.25, -0.2) is 19.3 Å². The van der Waals surface area contributed by atoms with E-state index in [0.29, 0.717) is 21.3 Å². The fourth-order valence-corrected chi connectivity index (χ4v) is 3.45. The largest absolute Gasteiger partial charge is 0.364 e. The number of nitrogens with two attached hydrogens (primary N) is 1. The zero-order valence-corrected chi connectivity index (χ0v) is 16.0. The van der Waals surface area contributed by atoms with Crippen molar-refractivity contribution in [3.63, 3.8) is 0 Å². The minimum absolute atomic E-state index is 0.102. The zero-order valence-electron chi connectivity index (χ0n) is 14.5. The SMILES string of the molecule is Cc1cccc(-n2c(=O)[nH]c3c(C(N)=O)nc(-c4ccc(Cl)cc4Cl)nc32)c1. The molecule has 0 saturated heterocycles. The predicted octanol–water partition coefficient (Wildman–Crippen LogP) is 3.49. The highest BCUT2D eigenvalue weighted by molar-refractivity contribution is 6.36. The summed E-state index contributed by atoms with van der Waals surface area (Å²) in [6, 6.07) is 12.1. The molecule has 0 aliphatic rings. The number of aryl methyl sites for hydroxylation is 1. The van der Waals surface area contributed by atoms with E-state index in [-0.39, 0.29) is 22.7 Å². The van der Waals surface area contributed by atoms with E-state index in [4.69, 9.17) is 28.9 Å². The van der Waals surface area contributed by atoms with Crippen LogP contribution in [0.3, 0.4) is 0 Å². The molecule has 4 aromatic rings. The van der Waals surface area contributed by atoms with Gasteiger partial charge in [0.2, 0.25) is 0 Å². The molecule has 140 valence electrons. The van der Waals surface area contributed by atoms with Crippen LogP contribution in [0.25, 0.3) is 28.2 Å². The first-order valence-corrected chi connectivity index (χ1v) is 8.96. The fourth-order valence-electron chi connectivity index (χ4n) is 2.96. The van der Waals surface area contributed by atoms with Crippen LogP contribution in [0.5, 0.6) is 0 Å². The van der Waals surface area contributed by atoms with E-state index < -0.39 is 11.6 Å². The number of hydrogen-bond donors (Lipinski definition) is 2. The number of fused-ring (bicyclic) bond motifs is 1. The van der Waals surface area contributed by atoms with Gasteiger partial charge >= 0.3 is 5.69 Å². The number of aromatic amines is 1. The van der Waals surface area contributed by atoms with Crippen molar-refractivity contribution in [3.05, 3.63) is 74.3 Å². The molecule has 0 bridgehead atoms. The van der Waals surface area contributed by atoms with Gasteiger partial charge < -0.3 is 10.7 Å². The second-order valence-electron chi connectivity index (χ2n) is 6.19. The van der Waals surface area contributed by atoms with Crippen molar-refractivity contribution in [2.45, 2.75) is 6.92 Å². The molecule has 0 saturated carbocycles. The number of carbonyl (C=O) groups excluding carboxylic acids is 1. The summed E-state index contributed by atoms with van der Waals surface area (Å²) in [4.78, 5) is 36.0. The van der Waals surface area contributed by atoms with Gasteiger partial charge in [-0.3, -0.25) is 4.79 Å². The molecule has 9 heteroatoms. The Labute approximate surface area is 168 Å². The molecule has 2 heterocycles. The van der Waals surface area contributed by atoms with E-state index in [1.54, 1.807) is 24.3 Å². The van der Waals surface area contributed by atoms with Crippen LogP contribution in [0.2, 0.25) is 10.0 Å². The van der Waals surface area contributed by atoms with Gasteiger partial charge in [-0.1, -0.05) is 35.3 Å². The number of carbonyl (C=O) groups is 1. The van der Waals surface area contributed by atoms with E-state index in [0.717, 1.165) is 5.56 Å². The number of amides is 1. The van der Waals surface area contributed by atoms with Gasteiger partial charge in [0.1, 0.15) is 5.52 Å². The van der Waals surface area contributed by atoms with Crippen LogP contribution >= 0.6 is 23.2 Å². The van der Waals surface area contributed by atoms with Crippen LogP contribution in [0.1, 0.15) is 16.1 Å². The minimum atomic E-state index is -0.795. The molecule has 0 spiro atoms. The maximum Gasteiger partial charge on any atom is 0.332 e. The highest BCUT2D eigenvalue weighted by atomic mass is 35.5. The van der Waals surface area contributed by atoms with Crippen molar-refractivity contribution in [1.29, 1.82) is 0 Å². The molecular formula is C19H13Cl2N5O2. The Morgan fingerprint density at radius 3 is 2.61 bits per heavy atom. The third kappa shape index (κ3) is 3.04. The molecule has 1 amide bonds. The minimum Gasteiger partial charge on any atom is -0.364 e. The Bertz CT molecular complexity index is 1310. The van der Waals surface area contributed by atoms with E-state index in [2.05, 4.69) is 15.0 Å². The molecule has 0 unspecified atom stereocenters. The number of halogens is 2. The molecule has 0 radical (unpaired) electrons. The summed E-state index contributed by atoms with van der Waals surface area (Å²) in [5, 5.41) is 0.755. The van der Waals surface area contributed by atoms with Gasteiger partial charge in [-0.2, -0.15) is 0 Å². The summed E-state index contributed by atoms with van der Waals surface area (Å²) < 4.78 is 1.36. The fraction of sp³-hybridized carbons (Fsp3) is 0.0526. The van der Waals surface area contributed by atoms with Crippen molar-refractivity contribution >= 4 is 40.3 Å². The van der Waals surface area contributed by atoms with E-state index in [1.165, 1.54) is 4.57 Å². The Balaban J connectivity index is 2.08. The van der Waals surface area contributed by atoms with Crippen molar-refractivity contribution in [1.82, 2.24) is 19.5 Å². The number of aromatic nitrogens is 4. The molecule has 0 aliphatic heterocycles. The first-order valence-electron chi connectivity index (χ1n) is 8.20. The highest BCUT2D eigenvalue weighted by Gasteiger charge is 2.21. The molecule has 2 aromatic heterocycles. The van der Waals surface area contributed by atoms with Crippen LogP contribution in [-0.2, 0) is 0 Å². The van der Waals surface area contributed by atoms with Crippen molar-refractivity contribution in [3.8, 4) is 17.1 Å². The maximum absolute atomic E-state index is 12.6. The second-order valence-corrected chi connectivity index (χ2v) is 7.03. The predicted molar refractivity (Wildman–Crippen MR) is 108 cm³/mol. The average molecular weight is 414 g/mol. The molecule has 7 nitrogen and oxygen atoms in total. The number of imidazole rings is 1. The maximum atomic E-state index is 12.6. The first kappa shape index (κ1) is 18.2. The molecule has 0 aliphatic carbocycles. The second kappa shape index (κ2) is 6.78. The summed E-state index contributed by atoms with van der Waals surface area (Å²) >= 11 is 12.2. The lowest BCUT2D eigenvalue weighted by Crippen LogP contribution is -2.15. The van der Waals surface area contributed by atoms with E-state index >= 15 is 0 Å². The van der Waals surface area contributed by atoms with Crippen LogP contribution < -0.4 is 11.4 Å². The summed E-state index contributed by atoms with van der Waals surface area (Å²) in [5.41, 5.74) is 7.33. The lowest BCUT2D eigenvalue weighted by atomic mass is 10.2. The lowest BCUT2D eigenvalue weighted by Gasteiger charge is -2.08. The molecule has 0 atom stereocenters. The Morgan fingerprint density at radius 1 is 1.14 bits per heavy atom. The average Bonchev–Trinajstić information content (AvgIpc) is 2.96. The van der Waals surface area contributed by atoms with Crippen LogP contribution in [0.15, 0.2) is 47.3 Å². The third-order valence-corrected chi connectivity index (χ3v) is 4.75. The van der Waals surface area contributed by atoms with Crippen LogP contribution in [0.4, 0.5) is 0 Å². The van der Waals surface area contributed by atoms with Gasteiger partial charge in [-0.05, 0) is 42.8 Å². The molecule has 3 N–H and O–H groups in total. The number of hydrogen-bond acceptors (Lipinski definition) is 4. The number of nitrogens with zero attached hydrogens (tertiary/aromatic N) is 3. The standard InChI is InChI=1S/C19H13Cl2N5O2/c1-9-3-2-4-11(7-9)26-18-15(24-19(26)28)14(16(22)27)23-17(25-18)12-6-5-10(20)8-13(12)21/h2-8H,1H3,(H2,22,27)(H,24,28). The molecule has 4 rings (SSSR count). The molecule has 28 heavy (non-hydrogen) atoms. The Morgan fingerprint density at radius 2 is 1.93 bits per heavy atom. The van der Waals surface area contributed by atoms with Gasteiger partial charge in [0, 0.05) is 10.6 Å². The summed E-state index contributed by atoms with van der Waals surface area (Å²) in [5.74, 6) is -0.639. The van der Waals surface area contributed by atoms with E-state index in [9.17, 15) is 9.59 Å². The van der Waals surface area contributed by atoms with Gasteiger partial charge in [0.05, 0.1) is 10.7 Å². The number of rotatable bonds is 3. The summed E-state index contributed by atoms with van der Waals surface area (Å²) in [7, 11) is 0. The molecular weight excluding hydrogens is 401 g/mol. The van der Waals surface area contributed by atoms with Crippen molar-refractivity contribution < 1.29 is 4.79 Å². The normalized spacial score (nSPS) is 11.1. The van der Waals surface area contributed by atoms with Crippen molar-refractivity contribution in [2.24, 2.45) is 5.73 Å². The number of benzene rings is 2. The smallest absolute Gasteiger partial charge is 0.332 e. The Hall–Kier alpha value is -3.16. The highest BCUT2D eigenvalue weighted by Crippen LogP contribution is 2.29. The monoisotopic (exact) mass is 413 g/mol. The number of primary amides is 1. The molecule has 2 aromatic carbocycles. The van der Waals surface area contributed by atoms with Crippen molar-refractivity contribution in [2.75, 3.05) is 0 Å². The number of H-pyrrole nitrogens is 1. The van der Waals surface area contributed by atoms with Crippen LogP contribution in [0, 0.1) is 6.92 Å². The topological polar surface area (TPSA) is 107 Å². The van der Waals surface area contributed by atoms with Gasteiger partial charge in [0.15, 0.2) is 17.2 Å². The first-order chi connectivity index (χ1) is 13.3. The Kier molecular flexibility index (Phi) is 4.41. The molecule has 0 fully saturated rings. The zero-order chi connectivity index (χ0) is 20.0. The van der Waals surface area contributed by atoms with E-state index in [1.807, 2.05) is 25.1 Å². The lowest BCUT2D eigenvalue weighted by molar-refractivity contribution is 0.0997. The summed E-state index contributed by atoms with van der Waals surface area (Å²) in [6.45, 7) is 1.91. The quantitative estimate of drug-likeness (QED) is 0.535. The van der Waals surface area contributed by atoms with Crippen LogP contribution in [-0.4, -0.2) is 25.4 Å².